The van der Waals surface area contributed by atoms with Gasteiger partial charge in [0.1, 0.15) is 23.6 Å². The van der Waals surface area contributed by atoms with E-state index >= 15 is 0 Å². The van der Waals surface area contributed by atoms with Crippen LogP contribution in [0.1, 0.15) is 101 Å². The van der Waals surface area contributed by atoms with E-state index in [1.54, 1.807) is 48.5 Å². The van der Waals surface area contributed by atoms with E-state index in [0.29, 0.717) is 12.8 Å². The number of hydrogen-bond donors (Lipinski definition) is 5. The van der Waals surface area contributed by atoms with Gasteiger partial charge in [-0.05, 0) is 60.8 Å². The molecule has 17 atom stereocenters. The lowest BCUT2D eigenvalue weighted by molar-refractivity contribution is -0.308. The number of methoxy groups -OCH3 is 1. The molecule has 3 heterocycles. The van der Waals surface area contributed by atoms with E-state index < -0.39 is 95.6 Å². The molecule has 0 aromatic carbocycles. The van der Waals surface area contributed by atoms with E-state index in [9.17, 15) is 30.0 Å². The van der Waals surface area contributed by atoms with Gasteiger partial charge < -0.3 is 54.6 Å². The van der Waals surface area contributed by atoms with Gasteiger partial charge in [0.25, 0.3) is 0 Å². The standard InChI is InChI=1S/C35H63NO12/c1-12-24-35(10,42)29(38)19(4)27(37)17(2)15-33(8,41)31(48-25-14-23(36)13-18(3)44-25)20(5)28(21(6)32(40)46-24)47-26-16-34(9,43-11)30(39)22(7)45-26/h17-26,28-31,38-39,41-42H,12-16,36H2,1-11H3/t17-,18?,19+,20+,21-,22?,23?,24-,25?,26?,28+,29-,30?,31-,33+,34?,35-/m1/s1. The minimum Gasteiger partial charge on any atom is -0.459 e. The molecule has 3 rings (SSSR count). The Morgan fingerprint density at radius 3 is 2.06 bits per heavy atom. The summed E-state index contributed by atoms with van der Waals surface area (Å²) in [5.41, 5.74) is 1.65. The number of esters is 1. The minimum absolute atomic E-state index is 0.0674. The van der Waals surface area contributed by atoms with Gasteiger partial charge in [-0.15, -0.1) is 0 Å². The SMILES string of the molecule is CC[C@H]1OC(=O)[C@H](C)[C@@H](OC2CC(C)(OC)C(O)C(C)O2)[C@H](C)[C@@H](OC2CC(N)CC(C)O2)[C@@](C)(O)C[C@@H](C)C(=O)[C@H](C)[C@@H](O)[C@]1(C)O. The average molecular weight is 690 g/mol. The molecule has 13 nitrogen and oxygen atoms in total. The van der Waals surface area contributed by atoms with Crippen LogP contribution in [0.3, 0.4) is 0 Å². The number of hydrogen-bond acceptors (Lipinski definition) is 13. The van der Waals surface area contributed by atoms with Crippen LogP contribution in [0, 0.1) is 23.7 Å². The van der Waals surface area contributed by atoms with Crippen LogP contribution in [0.2, 0.25) is 0 Å². The number of nitrogens with two attached hydrogens (primary N) is 1. The summed E-state index contributed by atoms with van der Waals surface area (Å²) in [7, 11) is 1.49. The molecule has 280 valence electrons. The molecule has 0 bridgehead atoms. The summed E-state index contributed by atoms with van der Waals surface area (Å²) in [6.07, 6.45) is -7.11. The fourth-order valence-electron chi connectivity index (χ4n) is 8.00. The van der Waals surface area contributed by atoms with Crippen LogP contribution < -0.4 is 5.73 Å². The number of cyclic esters (lactones) is 1. The number of aliphatic hydroxyl groups excluding tert-OH is 2. The second kappa shape index (κ2) is 16.0. The van der Waals surface area contributed by atoms with E-state index in [1.807, 2.05) is 6.92 Å². The smallest absolute Gasteiger partial charge is 0.311 e. The first-order valence-electron chi connectivity index (χ1n) is 17.6. The lowest BCUT2D eigenvalue weighted by Crippen LogP contribution is -2.60. The summed E-state index contributed by atoms with van der Waals surface area (Å²) in [4.78, 5) is 27.7. The molecule has 6 N–H and O–H groups in total. The van der Waals surface area contributed by atoms with Crippen molar-refractivity contribution in [2.75, 3.05) is 7.11 Å². The number of carbonyl (C=O) groups is 2. The number of carbonyl (C=O) groups excluding carboxylic acids is 2. The third-order valence-electron chi connectivity index (χ3n) is 11.1. The molecular formula is C35H63NO12. The summed E-state index contributed by atoms with van der Waals surface area (Å²) in [5.74, 6) is -4.65. The third kappa shape index (κ3) is 8.96. The molecule has 3 aliphatic rings. The van der Waals surface area contributed by atoms with Gasteiger partial charge in [-0.1, -0.05) is 27.7 Å². The van der Waals surface area contributed by atoms with Crippen molar-refractivity contribution in [3.63, 3.8) is 0 Å². The van der Waals surface area contributed by atoms with E-state index in [4.69, 9.17) is 34.2 Å². The van der Waals surface area contributed by atoms with Crippen molar-refractivity contribution in [3.05, 3.63) is 0 Å². The Morgan fingerprint density at radius 1 is 0.875 bits per heavy atom. The van der Waals surface area contributed by atoms with Gasteiger partial charge in [-0.25, -0.2) is 0 Å². The molecule has 13 heteroatoms. The molecule has 0 amide bonds. The highest BCUT2D eigenvalue weighted by atomic mass is 16.7. The van der Waals surface area contributed by atoms with Crippen LogP contribution >= 0.6 is 0 Å². The first-order chi connectivity index (χ1) is 22.1. The number of Topliss-reactive ketones (excluding diaryl/α,β-unsaturated/α-hetero) is 1. The van der Waals surface area contributed by atoms with Gasteiger partial charge in [0.05, 0.1) is 47.6 Å². The fraction of sp³-hybridized carbons (Fsp3) is 0.943. The van der Waals surface area contributed by atoms with Crippen LogP contribution in [-0.4, -0.2) is 117 Å². The molecule has 0 aliphatic carbocycles. The molecule has 48 heavy (non-hydrogen) atoms. The highest BCUT2D eigenvalue weighted by Gasteiger charge is 2.52. The molecular weight excluding hydrogens is 626 g/mol. The molecule has 0 saturated carbocycles. The van der Waals surface area contributed by atoms with Crippen molar-refractivity contribution in [1.29, 1.82) is 0 Å². The molecule has 0 aromatic rings. The van der Waals surface area contributed by atoms with Crippen molar-refractivity contribution in [3.8, 4) is 0 Å². The quantitative estimate of drug-likeness (QED) is 0.255. The van der Waals surface area contributed by atoms with Crippen molar-refractivity contribution in [1.82, 2.24) is 0 Å². The van der Waals surface area contributed by atoms with Gasteiger partial charge in [-0.2, -0.15) is 0 Å². The topological polar surface area (TPSA) is 196 Å². The molecule has 0 spiro atoms. The van der Waals surface area contributed by atoms with Crippen molar-refractivity contribution in [2.24, 2.45) is 29.4 Å². The molecule has 0 radical (unpaired) electrons. The van der Waals surface area contributed by atoms with Gasteiger partial charge in [0.15, 0.2) is 12.6 Å². The zero-order valence-electron chi connectivity index (χ0n) is 30.8. The zero-order chi connectivity index (χ0) is 36.5. The van der Waals surface area contributed by atoms with Gasteiger partial charge in [0.2, 0.25) is 0 Å². The van der Waals surface area contributed by atoms with E-state index in [-0.39, 0.29) is 37.2 Å². The highest BCUT2D eigenvalue weighted by molar-refractivity contribution is 5.83. The normalized spacial score (nSPS) is 50.4. The predicted octanol–water partition coefficient (Wildman–Crippen LogP) is 2.21. The Labute approximate surface area is 286 Å². The van der Waals surface area contributed by atoms with Crippen molar-refractivity contribution >= 4 is 11.8 Å². The summed E-state index contributed by atoms with van der Waals surface area (Å²) in [6.45, 7) is 16.6. The first-order valence-corrected chi connectivity index (χ1v) is 17.6. The lowest BCUT2D eigenvalue weighted by atomic mass is 9.74. The second-order valence-electron chi connectivity index (χ2n) is 15.5. The number of aliphatic hydroxyl groups is 4. The van der Waals surface area contributed by atoms with E-state index in [1.165, 1.54) is 21.0 Å². The molecule has 3 saturated heterocycles. The third-order valence-corrected chi connectivity index (χ3v) is 11.1. The summed E-state index contributed by atoms with van der Waals surface area (Å²) in [6, 6.07) is -0.199. The molecule has 3 fully saturated rings. The molecule has 3 aliphatic heterocycles. The van der Waals surface area contributed by atoms with Gasteiger partial charge in [-0.3, -0.25) is 9.59 Å². The number of ketones is 1. The Bertz CT molecular complexity index is 1080. The lowest BCUT2D eigenvalue weighted by Gasteiger charge is -2.48. The Kier molecular flexibility index (Phi) is 13.7. The number of rotatable bonds is 6. The van der Waals surface area contributed by atoms with Gasteiger partial charge in [0, 0.05) is 43.7 Å². The van der Waals surface area contributed by atoms with Crippen LogP contribution in [0.25, 0.3) is 0 Å². The zero-order valence-corrected chi connectivity index (χ0v) is 30.8. The highest BCUT2D eigenvalue weighted by Crippen LogP contribution is 2.40. The van der Waals surface area contributed by atoms with Crippen LogP contribution in [0.15, 0.2) is 0 Å². The van der Waals surface area contributed by atoms with Crippen molar-refractivity contribution in [2.45, 2.75) is 179 Å². The molecule has 0 aromatic heterocycles. The van der Waals surface area contributed by atoms with E-state index in [2.05, 4.69) is 0 Å². The maximum absolute atomic E-state index is 14.0. The summed E-state index contributed by atoms with van der Waals surface area (Å²) < 4.78 is 36.9. The van der Waals surface area contributed by atoms with Gasteiger partial charge >= 0.3 is 5.97 Å². The maximum atomic E-state index is 14.0. The maximum Gasteiger partial charge on any atom is 0.311 e. The second-order valence-corrected chi connectivity index (χ2v) is 15.5. The van der Waals surface area contributed by atoms with E-state index in [0.717, 1.165) is 0 Å². The fourth-order valence-corrected chi connectivity index (χ4v) is 8.00. The summed E-state index contributed by atoms with van der Waals surface area (Å²) in [5, 5.41) is 45.9. The Balaban J connectivity index is 2.14. The first kappa shape index (κ1) is 41.2. The molecule has 7 unspecified atom stereocenters. The number of ether oxygens (including phenoxy) is 6. The summed E-state index contributed by atoms with van der Waals surface area (Å²) >= 11 is 0. The largest absolute Gasteiger partial charge is 0.459 e. The Morgan fingerprint density at radius 2 is 1.50 bits per heavy atom. The monoisotopic (exact) mass is 689 g/mol. The van der Waals surface area contributed by atoms with Crippen LogP contribution in [0.4, 0.5) is 0 Å². The van der Waals surface area contributed by atoms with Crippen LogP contribution in [0.5, 0.6) is 0 Å². The van der Waals surface area contributed by atoms with Crippen molar-refractivity contribution < 1.29 is 58.4 Å². The minimum atomic E-state index is -1.97. The predicted molar refractivity (Wildman–Crippen MR) is 175 cm³/mol. The van der Waals surface area contributed by atoms with Crippen LogP contribution in [-0.2, 0) is 38.0 Å². The Hall–Kier alpha value is -1.26. The average Bonchev–Trinajstić information content (AvgIpc) is 3.00.